The maximum Gasteiger partial charge on any atom is 0.309 e. The van der Waals surface area contributed by atoms with Crippen LogP contribution in [0.3, 0.4) is 0 Å². The number of nitro benzene ring substituents is 1. The monoisotopic (exact) mass is 537 g/mol. The number of nitrogens with zero attached hydrogens (tertiary/aromatic N) is 2. The molecule has 2 aromatic carbocycles. The molecule has 0 radical (unpaired) electrons. The fourth-order valence-corrected chi connectivity index (χ4v) is 5.42. The van der Waals surface area contributed by atoms with E-state index in [1.165, 1.54) is 23.4 Å². The first-order valence-corrected chi connectivity index (χ1v) is 13.3. The Morgan fingerprint density at radius 2 is 1.72 bits per heavy atom. The minimum atomic E-state index is -3.68. The lowest BCUT2D eigenvalue weighted by Gasteiger charge is -2.30. The molecule has 1 fully saturated rings. The fraction of sp³-hybridized carbons (Fsp3) is 0.417. The van der Waals surface area contributed by atoms with Gasteiger partial charge in [-0.3, -0.25) is 19.7 Å². The van der Waals surface area contributed by atoms with E-state index < -0.39 is 38.8 Å². The van der Waals surface area contributed by atoms with Gasteiger partial charge in [-0.1, -0.05) is 37.6 Å². The Bertz CT molecular complexity index is 1240. The molecule has 1 N–H and O–H groups in total. The number of nitrogens with one attached hydrogen (secondary N) is 1. The molecule has 0 aromatic heterocycles. The average molecular weight is 538 g/mol. The smallest absolute Gasteiger partial charge is 0.309 e. The minimum absolute atomic E-state index is 0.0266. The number of sulfonamides is 1. The highest BCUT2D eigenvalue weighted by Crippen LogP contribution is 2.28. The summed E-state index contributed by atoms with van der Waals surface area (Å²) in [5.74, 6) is -1.58. The number of piperidine rings is 1. The van der Waals surface area contributed by atoms with E-state index in [2.05, 4.69) is 5.32 Å². The predicted molar refractivity (Wildman–Crippen MR) is 134 cm³/mol. The molecule has 0 aliphatic carbocycles. The van der Waals surface area contributed by atoms with Crippen molar-refractivity contribution < 1.29 is 27.7 Å². The second kappa shape index (κ2) is 11.4. The zero-order chi connectivity index (χ0) is 26.6. The molecule has 1 atom stereocenters. The lowest BCUT2D eigenvalue weighted by atomic mass is 9.98. The van der Waals surface area contributed by atoms with Gasteiger partial charge in [0.15, 0.2) is 6.10 Å². The van der Waals surface area contributed by atoms with Gasteiger partial charge in [0.1, 0.15) is 0 Å². The van der Waals surface area contributed by atoms with Crippen LogP contribution in [0.4, 0.5) is 11.4 Å². The van der Waals surface area contributed by atoms with Gasteiger partial charge in [0.25, 0.3) is 11.6 Å². The van der Waals surface area contributed by atoms with E-state index in [1.807, 2.05) is 13.8 Å². The molecule has 0 saturated carbocycles. The van der Waals surface area contributed by atoms with Crippen LogP contribution in [0.5, 0.6) is 0 Å². The molecule has 0 unspecified atom stereocenters. The van der Waals surface area contributed by atoms with Crippen LogP contribution in [0, 0.1) is 16.0 Å². The highest BCUT2D eigenvalue weighted by atomic mass is 35.5. The van der Waals surface area contributed by atoms with Gasteiger partial charge in [-0.25, -0.2) is 8.42 Å². The van der Waals surface area contributed by atoms with E-state index in [0.717, 1.165) is 11.6 Å². The maximum atomic E-state index is 13.0. The zero-order valence-electron chi connectivity index (χ0n) is 20.1. The highest BCUT2D eigenvalue weighted by molar-refractivity contribution is 7.89. The van der Waals surface area contributed by atoms with Crippen LogP contribution in [-0.4, -0.2) is 48.7 Å². The van der Waals surface area contributed by atoms with E-state index >= 15 is 0 Å². The molecule has 0 spiro atoms. The Kier molecular flexibility index (Phi) is 8.70. The van der Waals surface area contributed by atoms with Crippen LogP contribution < -0.4 is 5.32 Å². The maximum absolute atomic E-state index is 13.0. The molecule has 36 heavy (non-hydrogen) atoms. The average Bonchev–Trinajstić information content (AvgIpc) is 2.85. The second-order valence-electron chi connectivity index (χ2n) is 8.89. The number of esters is 1. The fourth-order valence-electron chi connectivity index (χ4n) is 3.79. The summed E-state index contributed by atoms with van der Waals surface area (Å²) in [5, 5.41) is 13.5. The van der Waals surface area contributed by atoms with Gasteiger partial charge >= 0.3 is 5.97 Å². The zero-order valence-corrected chi connectivity index (χ0v) is 21.7. The van der Waals surface area contributed by atoms with Gasteiger partial charge in [0.05, 0.1) is 26.4 Å². The normalized spacial score (nSPS) is 15.9. The Hall–Kier alpha value is -3.02. The number of rotatable bonds is 8. The van der Waals surface area contributed by atoms with Crippen molar-refractivity contribution in [3.05, 3.63) is 63.2 Å². The van der Waals surface area contributed by atoms with Crippen LogP contribution in [0.25, 0.3) is 0 Å². The number of halogens is 1. The Balaban J connectivity index is 1.55. The topological polar surface area (TPSA) is 136 Å². The van der Waals surface area contributed by atoms with Crippen molar-refractivity contribution in [2.24, 2.45) is 5.92 Å². The first kappa shape index (κ1) is 27.6. The molecular formula is C24H28ClN3O7S. The number of hydrogen-bond donors (Lipinski definition) is 1. The summed E-state index contributed by atoms with van der Waals surface area (Å²) < 4.78 is 32.6. The molecule has 2 aromatic rings. The lowest BCUT2D eigenvalue weighted by molar-refractivity contribution is -0.384. The van der Waals surface area contributed by atoms with Crippen LogP contribution in [0.15, 0.2) is 47.4 Å². The SMILES string of the molecule is CC(C)c1ccc(S(=O)(=O)N2CCC(C(=O)O[C@@H](C)C(=O)Nc3cc([N+](=O)[O-])ccc3Cl)CC2)cc1. The summed E-state index contributed by atoms with van der Waals surface area (Å²) in [7, 11) is -3.68. The van der Waals surface area contributed by atoms with Gasteiger partial charge in [-0.05, 0) is 49.4 Å². The standard InChI is InChI=1S/C24H28ClN3O7S/c1-15(2)17-4-7-20(8-5-17)36(33,34)27-12-10-18(11-13-27)24(30)35-16(3)23(29)26-22-14-19(28(31)32)6-9-21(22)25/h4-9,14-16,18H,10-13H2,1-3H3,(H,26,29)/t16-/m0/s1. The first-order chi connectivity index (χ1) is 16.9. The largest absolute Gasteiger partial charge is 0.452 e. The molecular weight excluding hydrogens is 510 g/mol. The van der Waals surface area contributed by atoms with Crippen molar-refractivity contribution in [2.75, 3.05) is 18.4 Å². The number of nitro groups is 1. The summed E-state index contributed by atoms with van der Waals surface area (Å²) in [6.07, 6.45) is -0.672. The minimum Gasteiger partial charge on any atom is -0.452 e. The van der Waals surface area contributed by atoms with Crippen LogP contribution in [0.2, 0.25) is 5.02 Å². The molecule has 1 aliphatic rings. The number of ether oxygens (including phenoxy) is 1. The lowest BCUT2D eigenvalue weighted by Crippen LogP contribution is -2.41. The first-order valence-electron chi connectivity index (χ1n) is 11.5. The van der Waals surface area contributed by atoms with E-state index in [4.69, 9.17) is 16.3 Å². The Morgan fingerprint density at radius 1 is 1.11 bits per heavy atom. The summed E-state index contributed by atoms with van der Waals surface area (Å²) in [6, 6.07) is 10.4. The third-order valence-corrected chi connectivity index (χ3v) is 8.30. The Morgan fingerprint density at radius 3 is 2.28 bits per heavy atom. The van der Waals surface area contributed by atoms with Crippen molar-refractivity contribution in [3.63, 3.8) is 0 Å². The van der Waals surface area contributed by atoms with Crippen molar-refractivity contribution in [2.45, 2.75) is 50.5 Å². The van der Waals surface area contributed by atoms with E-state index in [9.17, 15) is 28.1 Å². The molecule has 3 rings (SSSR count). The van der Waals surface area contributed by atoms with Gasteiger partial charge in [-0.15, -0.1) is 0 Å². The van der Waals surface area contributed by atoms with Crippen molar-refractivity contribution in [3.8, 4) is 0 Å². The van der Waals surface area contributed by atoms with Crippen LogP contribution >= 0.6 is 11.6 Å². The number of carbonyl (C=O) groups excluding carboxylic acids is 2. The number of amides is 1. The molecule has 1 heterocycles. The number of benzene rings is 2. The Labute approximate surface area is 214 Å². The summed E-state index contributed by atoms with van der Waals surface area (Å²) in [4.78, 5) is 35.6. The van der Waals surface area contributed by atoms with Gasteiger partial charge < -0.3 is 10.1 Å². The van der Waals surface area contributed by atoms with E-state index in [-0.39, 0.29) is 53.1 Å². The highest BCUT2D eigenvalue weighted by Gasteiger charge is 2.34. The van der Waals surface area contributed by atoms with E-state index in [0.29, 0.717) is 0 Å². The molecule has 12 heteroatoms. The van der Waals surface area contributed by atoms with Gasteiger partial charge in [-0.2, -0.15) is 4.31 Å². The predicted octanol–water partition coefficient (Wildman–Crippen LogP) is 4.34. The molecule has 194 valence electrons. The number of carbonyl (C=O) groups is 2. The quantitative estimate of drug-likeness (QED) is 0.300. The van der Waals surface area contributed by atoms with E-state index in [1.54, 1.807) is 24.3 Å². The van der Waals surface area contributed by atoms with Crippen LogP contribution in [-0.2, 0) is 24.3 Å². The van der Waals surface area contributed by atoms with Crippen molar-refractivity contribution in [1.29, 1.82) is 0 Å². The van der Waals surface area contributed by atoms with Crippen molar-refractivity contribution in [1.82, 2.24) is 4.31 Å². The number of hydrogen-bond acceptors (Lipinski definition) is 7. The van der Waals surface area contributed by atoms with Crippen LogP contribution in [0.1, 0.15) is 45.1 Å². The molecule has 1 saturated heterocycles. The third-order valence-electron chi connectivity index (χ3n) is 6.05. The van der Waals surface area contributed by atoms with Crippen molar-refractivity contribution >= 4 is 44.9 Å². The number of anilines is 1. The second-order valence-corrected chi connectivity index (χ2v) is 11.2. The molecule has 1 aliphatic heterocycles. The van der Waals surface area contributed by atoms with Gasteiger partial charge in [0.2, 0.25) is 10.0 Å². The summed E-state index contributed by atoms with van der Waals surface area (Å²) >= 11 is 5.99. The molecule has 10 nitrogen and oxygen atoms in total. The summed E-state index contributed by atoms with van der Waals surface area (Å²) in [6.45, 7) is 5.73. The third kappa shape index (κ3) is 6.40. The number of non-ortho nitro benzene ring substituents is 1. The molecule has 0 bridgehead atoms. The molecule has 1 amide bonds. The summed E-state index contributed by atoms with van der Waals surface area (Å²) in [5.41, 5.74) is 0.817. The van der Waals surface area contributed by atoms with Gasteiger partial charge in [0, 0.05) is 25.2 Å².